The second-order valence-corrected chi connectivity index (χ2v) is 7.09. The van der Waals surface area contributed by atoms with Crippen molar-refractivity contribution in [3.63, 3.8) is 0 Å². The second-order valence-electron chi connectivity index (χ2n) is 5.15. The van der Waals surface area contributed by atoms with Gasteiger partial charge in [0.25, 0.3) is 0 Å². The standard InChI is InChI=1S/C14H21N5O2S/c1-3-4-10-19(11-9-14-15-17-18-16-14)22(20,21)13-7-5-12(2)6-8-13/h5-8H,3-4,9-11H2,1-2H3,(H,15,16,17,18). The van der Waals surface area contributed by atoms with Crippen LogP contribution in [0.2, 0.25) is 0 Å². The summed E-state index contributed by atoms with van der Waals surface area (Å²) in [4.78, 5) is 0.322. The predicted octanol–water partition coefficient (Wildman–Crippen LogP) is 1.54. The molecule has 0 fully saturated rings. The minimum Gasteiger partial charge on any atom is -0.207 e. The first-order chi connectivity index (χ1) is 10.5. The first-order valence-corrected chi connectivity index (χ1v) is 8.77. The van der Waals surface area contributed by atoms with Gasteiger partial charge >= 0.3 is 0 Å². The Bertz CT molecular complexity index is 668. The highest BCUT2D eigenvalue weighted by Crippen LogP contribution is 2.17. The number of aryl methyl sites for hydroxylation is 1. The van der Waals surface area contributed by atoms with Crippen LogP contribution in [0.1, 0.15) is 31.2 Å². The van der Waals surface area contributed by atoms with E-state index in [1.165, 1.54) is 4.31 Å². The van der Waals surface area contributed by atoms with Gasteiger partial charge in [-0.05, 0) is 25.5 Å². The summed E-state index contributed by atoms with van der Waals surface area (Å²) < 4.78 is 27.0. The molecule has 2 aromatic rings. The average Bonchev–Trinajstić information content (AvgIpc) is 3.01. The molecule has 120 valence electrons. The highest BCUT2D eigenvalue weighted by Gasteiger charge is 2.24. The number of tetrazole rings is 1. The molecule has 8 heteroatoms. The number of hydrogen-bond acceptors (Lipinski definition) is 5. The highest BCUT2D eigenvalue weighted by atomic mass is 32.2. The monoisotopic (exact) mass is 323 g/mol. The van der Waals surface area contributed by atoms with Gasteiger partial charge in [-0.15, -0.1) is 10.2 Å². The molecular formula is C14H21N5O2S. The largest absolute Gasteiger partial charge is 0.243 e. The number of sulfonamides is 1. The van der Waals surface area contributed by atoms with Crippen LogP contribution in [-0.2, 0) is 16.4 Å². The maximum Gasteiger partial charge on any atom is 0.243 e. The second kappa shape index (κ2) is 7.46. The summed E-state index contributed by atoms with van der Waals surface area (Å²) in [7, 11) is -3.50. The molecule has 0 atom stereocenters. The lowest BCUT2D eigenvalue weighted by Gasteiger charge is -2.21. The summed E-state index contributed by atoms with van der Waals surface area (Å²) in [5.74, 6) is 0.514. The molecule has 0 aliphatic carbocycles. The van der Waals surface area contributed by atoms with Gasteiger partial charge in [-0.2, -0.15) is 9.52 Å². The molecule has 1 heterocycles. The Hall–Kier alpha value is -1.80. The maximum atomic E-state index is 12.8. The quantitative estimate of drug-likeness (QED) is 0.795. The van der Waals surface area contributed by atoms with Crippen LogP contribution in [0.25, 0.3) is 0 Å². The van der Waals surface area contributed by atoms with Crippen molar-refractivity contribution in [1.82, 2.24) is 24.9 Å². The average molecular weight is 323 g/mol. The first-order valence-electron chi connectivity index (χ1n) is 7.33. The minimum atomic E-state index is -3.50. The Morgan fingerprint density at radius 3 is 2.50 bits per heavy atom. The molecule has 22 heavy (non-hydrogen) atoms. The number of H-pyrrole nitrogens is 1. The third-order valence-electron chi connectivity index (χ3n) is 3.39. The van der Waals surface area contributed by atoms with Gasteiger partial charge in [0.1, 0.15) is 0 Å². The molecular weight excluding hydrogens is 302 g/mol. The van der Waals surface area contributed by atoms with Gasteiger partial charge < -0.3 is 0 Å². The van der Waals surface area contributed by atoms with Gasteiger partial charge in [0.15, 0.2) is 5.82 Å². The summed E-state index contributed by atoms with van der Waals surface area (Å²) >= 11 is 0. The Kier molecular flexibility index (Phi) is 5.62. The van der Waals surface area contributed by atoms with E-state index in [2.05, 4.69) is 20.6 Å². The van der Waals surface area contributed by atoms with Gasteiger partial charge in [0.2, 0.25) is 10.0 Å². The minimum absolute atomic E-state index is 0.322. The Morgan fingerprint density at radius 2 is 1.91 bits per heavy atom. The maximum absolute atomic E-state index is 12.8. The van der Waals surface area contributed by atoms with Crippen molar-refractivity contribution >= 4 is 10.0 Å². The van der Waals surface area contributed by atoms with Crippen LogP contribution in [0.15, 0.2) is 29.2 Å². The van der Waals surface area contributed by atoms with Gasteiger partial charge in [-0.25, -0.2) is 8.42 Å². The summed E-state index contributed by atoms with van der Waals surface area (Å²) in [5.41, 5.74) is 1.03. The van der Waals surface area contributed by atoms with Crippen molar-refractivity contribution in [2.45, 2.75) is 38.0 Å². The van der Waals surface area contributed by atoms with E-state index < -0.39 is 10.0 Å². The molecule has 0 spiro atoms. The first kappa shape index (κ1) is 16.6. The number of nitrogens with zero attached hydrogens (tertiary/aromatic N) is 4. The van der Waals surface area contributed by atoms with Crippen molar-refractivity contribution in [2.75, 3.05) is 13.1 Å². The molecule has 0 saturated carbocycles. The summed E-state index contributed by atoms with van der Waals surface area (Å²) in [6, 6.07) is 6.92. The molecule has 0 radical (unpaired) electrons. The lowest BCUT2D eigenvalue weighted by molar-refractivity contribution is 0.403. The molecule has 0 aliphatic heterocycles. The van der Waals surface area contributed by atoms with E-state index in [0.29, 0.717) is 30.2 Å². The Labute approximate surface area is 130 Å². The van der Waals surface area contributed by atoms with Gasteiger partial charge in [-0.1, -0.05) is 36.3 Å². The van der Waals surface area contributed by atoms with Gasteiger partial charge in [-0.3, -0.25) is 0 Å². The van der Waals surface area contributed by atoms with E-state index in [4.69, 9.17) is 0 Å². The van der Waals surface area contributed by atoms with E-state index in [1.54, 1.807) is 12.1 Å². The fraction of sp³-hybridized carbons (Fsp3) is 0.500. The molecule has 7 nitrogen and oxygen atoms in total. The lowest BCUT2D eigenvalue weighted by atomic mass is 10.2. The van der Waals surface area contributed by atoms with Crippen LogP contribution in [0, 0.1) is 6.92 Å². The van der Waals surface area contributed by atoms with E-state index in [-0.39, 0.29) is 0 Å². The fourth-order valence-corrected chi connectivity index (χ4v) is 3.54. The van der Waals surface area contributed by atoms with Crippen molar-refractivity contribution in [2.24, 2.45) is 0 Å². The van der Waals surface area contributed by atoms with Gasteiger partial charge in [0, 0.05) is 19.5 Å². The number of aromatic nitrogens is 4. The van der Waals surface area contributed by atoms with Crippen molar-refractivity contribution in [3.8, 4) is 0 Å². The molecule has 1 aromatic heterocycles. The molecule has 1 aromatic carbocycles. The van der Waals surface area contributed by atoms with Crippen LogP contribution in [0.3, 0.4) is 0 Å². The van der Waals surface area contributed by atoms with E-state index in [9.17, 15) is 8.42 Å². The number of hydrogen-bond donors (Lipinski definition) is 1. The van der Waals surface area contributed by atoms with E-state index in [0.717, 1.165) is 18.4 Å². The van der Waals surface area contributed by atoms with E-state index >= 15 is 0 Å². The zero-order valence-corrected chi connectivity index (χ0v) is 13.7. The lowest BCUT2D eigenvalue weighted by Crippen LogP contribution is -2.34. The van der Waals surface area contributed by atoms with Crippen LogP contribution in [0.4, 0.5) is 0 Å². The van der Waals surface area contributed by atoms with Crippen molar-refractivity contribution in [1.29, 1.82) is 0 Å². The van der Waals surface area contributed by atoms with Crippen LogP contribution >= 0.6 is 0 Å². The number of unbranched alkanes of at least 4 members (excludes halogenated alkanes) is 1. The zero-order valence-electron chi connectivity index (χ0n) is 12.9. The van der Waals surface area contributed by atoms with Crippen LogP contribution < -0.4 is 0 Å². The third-order valence-corrected chi connectivity index (χ3v) is 5.31. The smallest absolute Gasteiger partial charge is 0.207 e. The van der Waals surface area contributed by atoms with Gasteiger partial charge in [0.05, 0.1) is 4.90 Å². The van der Waals surface area contributed by atoms with Crippen LogP contribution in [0.5, 0.6) is 0 Å². The number of aromatic amines is 1. The van der Waals surface area contributed by atoms with Crippen molar-refractivity contribution in [3.05, 3.63) is 35.7 Å². The predicted molar refractivity (Wildman–Crippen MR) is 82.7 cm³/mol. The van der Waals surface area contributed by atoms with Crippen LogP contribution in [-0.4, -0.2) is 46.4 Å². The molecule has 2 rings (SSSR count). The summed E-state index contributed by atoms with van der Waals surface area (Å²) in [6.07, 6.45) is 2.19. The number of benzene rings is 1. The SMILES string of the molecule is CCCCN(CCc1nn[nH]n1)S(=O)(=O)c1ccc(C)cc1. The van der Waals surface area contributed by atoms with E-state index in [1.807, 2.05) is 26.0 Å². The van der Waals surface area contributed by atoms with Crippen molar-refractivity contribution < 1.29 is 8.42 Å². The molecule has 0 unspecified atom stereocenters. The Balaban J connectivity index is 2.16. The molecule has 0 aliphatic rings. The molecule has 0 bridgehead atoms. The molecule has 0 saturated heterocycles. The third kappa shape index (κ3) is 4.11. The molecule has 1 N–H and O–H groups in total. The summed E-state index contributed by atoms with van der Waals surface area (Å²) in [5, 5.41) is 13.6. The normalized spacial score (nSPS) is 12.0. The highest BCUT2D eigenvalue weighted by molar-refractivity contribution is 7.89. The fourth-order valence-electron chi connectivity index (χ4n) is 2.06. The Morgan fingerprint density at radius 1 is 1.18 bits per heavy atom. The number of rotatable bonds is 8. The molecule has 0 amide bonds. The summed E-state index contributed by atoms with van der Waals surface area (Å²) in [6.45, 7) is 4.80. The topological polar surface area (TPSA) is 91.8 Å². The number of nitrogens with one attached hydrogen (secondary N) is 1. The zero-order chi connectivity index (χ0) is 16.0.